The monoisotopic (exact) mass is 351 g/mol. The fourth-order valence-electron chi connectivity index (χ4n) is 3.44. The molecule has 1 aliphatic carbocycles. The number of anilines is 2. The van der Waals surface area contributed by atoms with E-state index in [0.29, 0.717) is 22.3 Å². The van der Waals surface area contributed by atoms with Crippen LogP contribution < -0.4 is 11.1 Å². The summed E-state index contributed by atoms with van der Waals surface area (Å²) in [6.45, 7) is 0. The summed E-state index contributed by atoms with van der Waals surface area (Å²) >= 11 is 1.36. The number of aromatic nitrogens is 1. The molecule has 2 aromatic carbocycles. The lowest BCUT2D eigenvalue weighted by molar-refractivity contribution is 0.104. The van der Waals surface area contributed by atoms with Crippen LogP contribution in [0.5, 0.6) is 0 Å². The van der Waals surface area contributed by atoms with Crippen molar-refractivity contribution in [3.05, 3.63) is 52.9 Å². The van der Waals surface area contributed by atoms with Gasteiger partial charge in [0, 0.05) is 11.6 Å². The Morgan fingerprint density at radius 2 is 1.84 bits per heavy atom. The molecule has 3 N–H and O–H groups in total. The van der Waals surface area contributed by atoms with Gasteiger partial charge in [0.1, 0.15) is 10.7 Å². The quantitative estimate of drug-likeness (QED) is 0.659. The number of carbonyl (C=O) groups is 1. The van der Waals surface area contributed by atoms with Crippen LogP contribution in [0, 0.1) is 0 Å². The lowest BCUT2D eigenvalue weighted by Gasteiger charge is -2.22. The molecule has 0 bridgehead atoms. The number of fused-ring (bicyclic) bond motifs is 1. The van der Waals surface area contributed by atoms with Crippen LogP contribution in [0.25, 0.3) is 10.8 Å². The molecule has 0 spiro atoms. The molecule has 3 aromatic rings. The van der Waals surface area contributed by atoms with Gasteiger partial charge < -0.3 is 11.1 Å². The summed E-state index contributed by atoms with van der Waals surface area (Å²) < 4.78 is 0. The van der Waals surface area contributed by atoms with E-state index in [-0.39, 0.29) is 5.78 Å². The van der Waals surface area contributed by atoms with Gasteiger partial charge in [-0.1, -0.05) is 67.0 Å². The van der Waals surface area contributed by atoms with Gasteiger partial charge in [0.15, 0.2) is 5.13 Å². The average Bonchev–Trinajstić information content (AvgIpc) is 3.01. The fourth-order valence-corrected chi connectivity index (χ4v) is 4.36. The molecule has 1 aliphatic rings. The van der Waals surface area contributed by atoms with Crippen LogP contribution in [0.1, 0.15) is 47.3 Å². The van der Waals surface area contributed by atoms with Crippen LogP contribution in [-0.2, 0) is 0 Å². The van der Waals surface area contributed by atoms with Crippen LogP contribution in [0.3, 0.4) is 0 Å². The Labute approximate surface area is 151 Å². The van der Waals surface area contributed by atoms with Crippen LogP contribution in [0.15, 0.2) is 42.5 Å². The topological polar surface area (TPSA) is 68.0 Å². The summed E-state index contributed by atoms with van der Waals surface area (Å²) in [5, 5.41) is 6.39. The van der Waals surface area contributed by atoms with Crippen LogP contribution in [-0.4, -0.2) is 16.8 Å². The van der Waals surface area contributed by atoms with E-state index in [1.165, 1.54) is 30.6 Å². The maximum Gasteiger partial charge on any atom is 0.206 e. The summed E-state index contributed by atoms with van der Waals surface area (Å²) in [5.74, 6) is 0.263. The second-order valence-corrected chi connectivity index (χ2v) is 7.60. The molecule has 1 heterocycles. The molecule has 4 nitrogen and oxygen atoms in total. The van der Waals surface area contributed by atoms with Gasteiger partial charge in [-0.15, -0.1) is 0 Å². The number of hydrogen-bond acceptors (Lipinski definition) is 5. The van der Waals surface area contributed by atoms with E-state index < -0.39 is 0 Å². The summed E-state index contributed by atoms with van der Waals surface area (Å²) in [7, 11) is 0. The van der Waals surface area contributed by atoms with E-state index in [9.17, 15) is 4.79 Å². The first-order valence-corrected chi connectivity index (χ1v) is 9.59. The number of benzene rings is 2. The fraction of sp³-hybridized carbons (Fsp3) is 0.300. The molecule has 25 heavy (non-hydrogen) atoms. The molecule has 1 fully saturated rings. The number of nitrogens with one attached hydrogen (secondary N) is 1. The Hall–Kier alpha value is -2.40. The minimum atomic E-state index is -0.0579. The van der Waals surface area contributed by atoms with E-state index >= 15 is 0 Å². The third-order valence-corrected chi connectivity index (χ3v) is 5.81. The molecular weight excluding hydrogens is 330 g/mol. The summed E-state index contributed by atoms with van der Waals surface area (Å²) in [6, 6.07) is 14.2. The van der Waals surface area contributed by atoms with Crippen molar-refractivity contribution < 1.29 is 4.79 Å². The molecule has 1 saturated carbocycles. The number of hydrogen-bond donors (Lipinski definition) is 2. The number of nitrogens with zero attached hydrogens (tertiary/aromatic N) is 1. The maximum absolute atomic E-state index is 12.9. The minimum Gasteiger partial charge on any atom is -0.382 e. The molecule has 0 amide bonds. The molecule has 5 heteroatoms. The van der Waals surface area contributed by atoms with Crippen molar-refractivity contribution in [2.24, 2.45) is 0 Å². The van der Waals surface area contributed by atoms with Crippen molar-refractivity contribution in [3.8, 4) is 0 Å². The van der Waals surface area contributed by atoms with Gasteiger partial charge in [-0.05, 0) is 29.7 Å². The Morgan fingerprint density at radius 1 is 1.08 bits per heavy atom. The molecule has 0 unspecified atom stereocenters. The Morgan fingerprint density at radius 3 is 2.64 bits per heavy atom. The highest BCUT2D eigenvalue weighted by Gasteiger charge is 2.20. The lowest BCUT2D eigenvalue weighted by atomic mass is 9.96. The smallest absolute Gasteiger partial charge is 0.206 e. The number of nitrogen functional groups attached to an aromatic ring is 1. The number of ketones is 1. The minimum absolute atomic E-state index is 0.0579. The van der Waals surface area contributed by atoms with Crippen molar-refractivity contribution in [1.82, 2.24) is 4.98 Å². The summed E-state index contributed by atoms with van der Waals surface area (Å²) in [4.78, 5) is 17.8. The van der Waals surface area contributed by atoms with E-state index in [1.807, 2.05) is 42.5 Å². The molecular formula is C20H21N3OS. The lowest BCUT2D eigenvalue weighted by Crippen LogP contribution is -2.22. The first kappa shape index (κ1) is 16.1. The first-order valence-electron chi connectivity index (χ1n) is 8.77. The zero-order valence-corrected chi connectivity index (χ0v) is 14.8. The molecule has 0 aliphatic heterocycles. The zero-order chi connectivity index (χ0) is 17.2. The number of thiazole rings is 1. The third-order valence-electron chi connectivity index (χ3n) is 4.80. The molecule has 4 rings (SSSR count). The Kier molecular flexibility index (Phi) is 4.40. The van der Waals surface area contributed by atoms with E-state index in [2.05, 4.69) is 10.3 Å². The van der Waals surface area contributed by atoms with E-state index in [1.54, 1.807) is 0 Å². The van der Waals surface area contributed by atoms with Crippen LogP contribution in [0.4, 0.5) is 10.9 Å². The largest absolute Gasteiger partial charge is 0.382 e. The predicted molar refractivity (Wildman–Crippen MR) is 104 cm³/mol. The van der Waals surface area contributed by atoms with E-state index in [4.69, 9.17) is 5.73 Å². The maximum atomic E-state index is 12.9. The van der Waals surface area contributed by atoms with E-state index in [0.717, 1.165) is 28.7 Å². The molecule has 0 radical (unpaired) electrons. The van der Waals surface area contributed by atoms with Crippen LogP contribution >= 0.6 is 11.3 Å². The van der Waals surface area contributed by atoms with Gasteiger partial charge >= 0.3 is 0 Å². The SMILES string of the molecule is Nc1nc(NC2CCCCC2)sc1C(=O)c1ccc2ccccc2c1. The highest BCUT2D eigenvalue weighted by atomic mass is 32.1. The molecule has 1 aromatic heterocycles. The number of nitrogens with two attached hydrogens (primary N) is 1. The van der Waals surface area contributed by atoms with Crippen molar-refractivity contribution in [1.29, 1.82) is 0 Å². The second-order valence-electron chi connectivity index (χ2n) is 6.60. The van der Waals surface area contributed by atoms with Crippen molar-refractivity contribution in [2.75, 3.05) is 11.1 Å². The van der Waals surface area contributed by atoms with Gasteiger partial charge in [0.25, 0.3) is 0 Å². The summed E-state index contributed by atoms with van der Waals surface area (Å²) in [5.41, 5.74) is 6.69. The highest BCUT2D eigenvalue weighted by Crippen LogP contribution is 2.30. The molecule has 128 valence electrons. The number of rotatable bonds is 4. The zero-order valence-electron chi connectivity index (χ0n) is 14.0. The highest BCUT2D eigenvalue weighted by molar-refractivity contribution is 7.18. The van der Waals surface area contributed by atoms with Crippen molar-refractivity contribution in [3.63, 3.8) is 0 Å². The second kappa shape index (κ2) is 6.84. The van der Waals surface area contributed by atoms with Gasteiger partial charge in [0.05, 0.1) is 0 Å². The number of carbonyl (C=O) groups excluding carboxylic acids is 1. The standard InChI is InChI=1S/C20H21N3OS/c21-19-18(25-20(23-19)22-16-8-2-1-3-9-16)17(24)15-11-10-13-6-4-5-7-14(13)12-15/h4-7,10-12,16H,1-3,8-9,21H2,(H,22,23). The Bertz CT molecular complexity index is 912. The average molecular weight is 351 g/mol. The predicted octanol–water partition coefficient (Wildman–Crippen LogP) is 4.85. The van der Waals surface area contributed by atoms with Gasteiger partial charge in [-0.25, -0.2) is 4.98 Å². The van der Waals surface area contributed by atoms with Crippen molar-refractivity contribution >= 4 is 38.8 Å². The Balaban J connectivity index is 1.58. The van der Waals surface area contributed by atoms with Crippen molar-refractivity contribution in [2.45, 2.75) is 38.1 Å². The summed E-state index contributed by atoms with van der Waals surface area (Å²) in [6.07, 6.45) is 6.13. The molecule has 0 saturated heterocycles. The first-order chi connectivity index (χ1) is 12.2. The van der Waals surface area contributed by atoms with Gasteiger partial charge in [-0.3, -0.25) is 4.79 Å². The van der Waals surface area contributed by atoms with Gasteiger partial charge in [0.2, 0.25) is 5.78 Å². The van der Waals surface area contributed by atoms with Gasteiger partial charge in [-0.2, -0.15) is 0 Å². The molecule has 0 atom stereocenters. The third kappa shape index (κ3) is 3.37. The van der Waals surface area contributed by atoms with Crippen LogP contribution in [0.2, 0.25) is 0 Å². The normalized spacial score (nSPS) is 15.4.